The van der Waals surface area contributed by atoms with Crippen molar-refractivity contribution in [1.82, 2.24) is 5.43 Å². The molecule has 0 amide bonds. The highest BCUT2D eigenvalue weighted by atomic mass is 35.5. The van der Waals surface area contributed by atoms with Crippen LogP contribution in [-0.2, 0) is 6.42 Å². The van der Waals surface area contributed by atoms with Gasteiger partial charge in [0.2, 0.25) is 0 Å². The topological polar surface area (TPSA) is 38.0 Å². The molecule has 1 aromatic carbocycles. The fraction of sp³-hybridized carbons (Fsp3) is 0.538. The molecule has 0 saturated heterocycles. The number of hydrogen-bond donors (Lipinski definition) is 2. The average Bonchev–Trinajstić information content (AvgIpc) is 3.11. The monoisotopic (exact) mass is 256 g/mol. The molecule has 0 spiro atoms. The van der Waals surface area contributed by atoms with Gasteiger partial charge in [-0.2, -0.15) is 0 Å². The summed E-state index contributed by atoms with van der Waals surface area (Å²) in [7, 11) is 0. The Morgan fingerprint density at radius 3 is 2.76 bits per heavy atom. The Morgan fingerprint density at radius 2 is 2.24 bits per heavy atom. The smallest absolute Gasteiger partial charge is 0.127 e. The van der Waals surface area contributed by atoms with Gasteiger partial charge in [-0.3, -0.25) is 11.3 Å². The third-order valence-corrected chi connectivity index (χ3v) is 3.90. The van der Waals surface area contributed by atoms with E-state index >= 15 is 0 Å². The Morgan fingerprint density at radius 1 is 1.53 bits per heavy atom. The van der Waals surface area contributed by atoms with Crippen molar-refractivity contribution in [2.75, 3.05) is 0 Å². The van der Waals surface area contributed by atoms with Crippen molar-refractivity contribution in [2.45, 2.75) is 32.2 Å². The van der Waals surface area contributed by atoms with Crippen molar-refractivity contribution in [3.8, 4) is 0 Å². The number of nitrogens with two attached hydrogens (primary N) is 1. The first-order chi connectivity index (χ1) is 8.11. The van der Waals surface area contributed by atoms with E-state index in [1.807, 2.05) is 0 Å². The van der Waals surface area contributed by atoms with Crippen molar-refractivity contribution in [3.05, 3.63) is 34.6 Å². The van der Waals surface area contributed by atoms with Gasteiger partial charge >= 0.3 is 0 Å². The van der Waals surface area contributed by atoms with E-state index in [1.54, 1.807) is 12.1 Å². The van der Waals surface area contributed by atoms with Crippen molar-refractivity contribution in [1.29, 1.82) is 0 Å². The van der Waals surface area contributed by atoms with Crippen LogP contribution in [0.4, 0.5) is 4.39 Å². The highest BCUT2D eigenvalue weighted by Gasteiger charge is 2.33. The molecule has 0 bridgehead atoms. The summed E-state index contributed by atoms with van der Waals surface area (Å²) in [5.41, 5.74) is 3.48. The second-order valence-corrected chi connectivity index (χ2v) is 5.35. The summed E-state index contributed by atoms with van der Waals surface area (Å²) in [6.07, 6.45) is 3.14. The molecule has 1 aliphatic rings. The van der Waals surface area contributed by atoms with Gasteiger partial charge in [-0.1, -0.05) is 24.6 Å². The predicted octanol–water partition coefficient (Wildman–Crippen LogP) is 2.90. The highest BCUT2D eigenvalue weighted by molar-refractivity contribution is 6.30. The Kier molecular flexibility index (Phi) is 4.02. The fourth-order valence-electron chi connectivity index (χ4n) is 2.27. The van der Waals surface area contributed by atoms with E-state index in [-0.39, 0.29) is 11.9 Å². The summed E-state index contributed by atoms with van der Waals surface area (Å²) in [5.74, 6) is 6.54. The number of hydrazine groups is 1. The maximum Gasteiger partial charge on any atom is 0.127 e. The lowest BCUT2D eigenvalue weighted by Gasteiger charge is -2.23. The highest BCUT2D eigenvalue weighted by Crippen LogP contribution is 2.38. The normalized spacial score (nSPS) is 19.1. The molecule has 0 aromatic heterocycles. The van der Waals surface area contributed by atoms with Crippen LogP contribution < -0.4 is 11.3 Å². The minimum absolute atomic E-state index is 0.123. The van der Waals surface area contributed by atoms with E-state index in [4.69, 9.17) is 17.4 Å². The maximum atomic E-state index is 13.7. The van der Waals surface area contributed by atoms with Gasteiger partial charge < -0.3 is 0 Å². The van der Waals surface area contributed by atoms with Gasteiger partial charge in [0.05, 0.1) is 0 Å². The quantitative estimate of drug-likeness (QED) is 0.628. The minimum atomic E-state index is -0.249. The second-order valence-electron chi connectivity index (χ2n) is 4.91. The van der Waals surface area contributed by atoms with Gasteiger partial charge in [-0.05, 0) is 48.8 Å². The van der Waals surface area contributed by atoms with Gasteiger partial charge in [-0.25, -0.2) is 4.39 Å². The molecule has 1 fully saturated rings. The molecule has 2 unspecified atom stereocenters. The Hall–Kier alpha value is -0.640. The minimum Gasteiger partial charge on any atom is -0.271 e. The van der Waals surface area contributed by atoms with Crippen LogP contribution in [0.1, 0.15) is 25.3 Å². The lowest BCUT2D eigenvalue weighted by Crippen LogP contribution is -2.42. The first-order valence-electron chi connectivity index (χ1n) is 6.02. The van der Waals surface area contributed by atoms with Gasteiger partial charge in [0, 0.05) is 11.1 Å². The van der Waals surface area contributed by atoms with Gasteiger partial charge in [0.25, 0.3) is 0 Å². The molecular weight excluding hydrogens is 239 g/mol. The third-order valence-electron chi connectivity index (χ3n) is 3.67. The van der Waals surface area contributed by atoms with Crippen molar-refractivity contribution in [2.24, 2.45) is 17.7 Å². The summed E-state index contributed by atoms with van der Waals surface area (Å²) >= 11 is 5.73. The molecule has 0 aliphatic heterocycles. The molecule has 94 valence electrons. The zero-order valence-electron chi connectivity index (χ0n) is 9.92. The molecule has 1 saturated carbocycles. The predicted molar refractivity (Wildman–Crippen MR) is 68.1 cm³/mol. The molecule has 0 heterocycles. The Bertz CT molecular complexity index is 393. The van der Waals surface area contributed by atoms with Gasteiger partial charge in [0.1, 0.15) is 5.82 Å². The number of hydrogen-bond acceptors (Lipinski definition) is 2. The second kappa shape index (κ2) is 5.34. The standard InChI is InChI=1S/C13H18ClFN2/c1-8(9-2-3-9)13(17-16)6-10-4-5-11(14)7-12(10)15/h4-5,7-9,13,17H,2-3,6,16H2,1H3. The van der Waals surface area contributed by atoms with Crippen molar-refractivity contribution in [3.63, 3.8) is 0 Å². The van der Waals surface area contributed by atoms with Crippen molar-refractivity contribution < 1.29 is 4.39 Å². The molecule has 1 aliphatic carbocycles. The molecule has 2 atom stereocenters. The lowest BCUT2D eigenvalue weighted by atomic mass is 9.91. The average molecular weight is 257 g/mol. The molecular formula is C13H18ClFN2. The molecule has 4 heteroatoms. The van der Waals surface area contributed by atoms with E-state index in [0.29, 0.717) is 22.9 Å². The summed E-state index contributed by atoms with van der Waals surface area (Å²) in [6.45, 7) is 2.18. The Labute approximate surface area is 106 Å². The molecule has 2 rings (SSSR count). The molecule has 0 radical (unpaired) electrons. The first kappa shape index (κ1) is 12.8. The number of benzene rings is 1. The van der Waals surface area contributed by atoms with Crippen molar-refractivity contribution >= 4 is 11.6 Å². The van der Waals surface area contributed by atoms with Crippen LogP contribution in [0.25, 0.3) is 0 Å². The first-order valence-corrected chi connectivity index (χ1v) is 6.39. The summed E-state index contributed by atoms with van der Waals surface area (Å²) in [4.78, 5) is 0. The van der Waals surface area contributed by atoms with Gasteiger partial charge in [-0.15, -0.1) is 0 Å². The van der Waals surface area contributed by atoms with Crippen LogP contribution in [0.5, 0.6) is 0 Å². The Balaban J connectivity index is 2.06. The van der Waals surface area contributed by atoms with Crippen LogP contribution in [-0.4, -0.2) is 6.04 Å². The third kappa shape index (κ3) is 3.18. The van der Waals surface area contributed by atoms with E-state index in [9.17, 15) is 4.39 Å². The van der Waals surface area contributed by atoms with Crippen LogP contribution in [0.2, 0.25) is 5.02 Å². The number of nitrogens with one attached hydrogen (secondary N) is 1. The largest absolute Gasteiger partial charge is 0.271 e. The van der Waals surface area contributed by atoms with E-state index in [0.717, 1.165) is 5.92 Å². The zero-order valence-corrected chi connectivity index (χ0v) is 10.7. The van der Waals surface area contributed by atoms with E-state index in [2.05, 4.69) is 12.3 Å². The number of rotatable bonds is 5. The van der Waals surface area contributed by atoms with Crippen LogP contribution in [0.3, 0.4) is 0 Å². The van der Waals surface area contributed by atoms with Crippen LogP contribution >= 0.6 is 11.6 Å². The maximum absolute atomic E-state index is 13.7. The zero-order chi connectivity index (χ0) is 12.4. The fourth-order valence-corrected chi connectivity index (χ4v) is 2.43. The summed E-state index contributed by atoms with van der Waals surface area (Å²) in [5, 5.41) is 0.429. The molecule has 3 N–H and O–H groups in total. The summed E-state index contributed by atoms with van der Waals surface area (Å²) in [6, 6.07) is 4.93. The summed E-state index contributed by atoms with van der Waals surface area (Å²) < 4.78 is 13.7. The van der Waals surface area contributed by atoms with E-state index in [1.165, 1.54) is 18.9 Å². The molecule has 2 nitrogen and oxygen atoms in total. The molecule has 1 aromatic rings. The molecule has 17 heavy (non-hydrogen) atoms. The number of halogens is 2. The lowest BCUT2D eigenvalue weighted by molar-refractivity contribution is 0.340. The van der Waals surface area contributed by atoms with Crippen LogP contribution in [0.15, 0.2) is 18.2 Å². The van der Waals surface area contributed by atoms with Gasteiger partial charge in [0.15, 0.2) is 0 Å². The van der Waals surface area contributed by atoms with Crippen LogP contribution in [0, 0.1) is 17.7 Å². The van der Waals surface area contributed by atoms with E-state index < -0.39 is 0 Å². The SMILES string of the molecule is CC(C1CC1)C(Cc1ccc(Cl)cc1F)NN.